The molecule has 0 radical (unpaired) electrons. The molecular weight excluding hydrogens is 246 g/mol. The molecule has 1 fully saturated rings. The molecule has 0 amide bonds. The fraction of sp³-hybridized carbons (Fsp3) is 1.00. The Kier molecular flexibility index (Phi) is 8.74. The van der Waals surface area contributed by atoms with E-state index in [-0.39, 0.29) is 0 Å². The lowest BCUT2D eigenvalue weighted by Crippen LogP contribution is -2.37. The molecular formula is C17H37N3. The van der Waals surface area contributed by atoms with Crippen molar-refractivity contribution in [3.63, 3.8) is 0 Å². The highest BCUT2D eigenvalue weighted by atomic mass is 15.1. The van der Waals surface area contributed by atoms with Crippen molar-refractivity contribution in [1.29, 1.82) is 0 Å². The Morgan fingerprint density at radius 1 is 1.15 bits per heavy atom. The van der Waals surface area contributed by atoms with Gasteiger partial charge in [0.25, 0.3) is 0 Å². The van der Waals surface area contributed by atoms with Gasteiger partial charge in [-0.15, -0.1) is 0 Å². The summed E-state index contributed by atoms with van der Waals surface area (Å²) >= 11 is 0. The third kappa shape index (κ3) is 7.05. The minimum Gasteiger partial charge on any atom is -0.330 e. The van der Waals surface area contributed by atoms with E-state index in [2.05, 4.69) is 37.7 Å². The Bertz CT molecular complexity index is 232. The number of nitrogens with two attached hydrogens (primary N) is 1. The van der Waals surface area contributed by atoms with Crippen molar-refractivity contribution in [2.75, 3.05) is 46.8 Å². The third-order valence-corrected chi connectivity index (χ3v) is 4.86. The van der Waals surface area contributed by atoms with Crippen LogP contribution >= 0.6 is 0 Å². The summed E-state index contributed by atoms with van der Waals surface area (Å²) in [5, 5.41) is 0. The summed E-state index contributed by atoms with van der Waals surface area (Å²) in [4.78, 5) is 5.01. The van der Waals surface area contributed by atoms with E-state index in [1.54, 1.807) is 0 Å². The minimum atomic E-state index is 0.782. The van der Waals surface area contributed by atoms with Gasteiger partial charge in [0.15, 0.2) is 0 Å². The Balaban J connectivity index is 2.14. The van der Waals surface area contributed by atoms with E-state index in [4.69, 9.17) is 5.73 Å². The molecule has 0 aliphatic carbocycles. The van der Waals surface area contributed by atoms with Crippen molar-refractivity contribution in [2.45, 2.75) is 46.0 Å². The molecule has 0 aromatic heterocycles. The second-order valence-corrected chi connectivity index (χ2v) is 7.27. The molecule has 1 saturated heterocycles. The maximum Gasteiger partial charge on any atom is 0.000451 e. The number of piperidine rings is 1. The molecule has 1 heterocycles. The highest BCUT2D eigenvalue weighted by Crippen LogP contribution is 2.22. The summed E-state index contributed by atoms with van der Waals surface area (Å²) in [5.41, 5.74) is 5.72. The van der Waals surface area contributed by atoms with E-state index < -0.39 is 0 Å². The van der Waals surface area contributed by atoms with Gasteiger partial charge in [0, 0.05) is 6.54 Å². The monoisotopic (exact) mass is 283 g/mol. The first kappa shape index (κ1) is 17.9. The molecule has 1 atom stereocenters. The average molecular weight is 284 g/mol. The molecule has 3 heteroatoms. The Morgan fingerprint density at radius 2 is 1.80 bits per heavy atom. The van der Waals surface area contributed by atoms with Crippen LogP contribution in [0.2, 0.25) is 0 Å². The molecule has 1 rings (SSSR count). The quantitative estimate of drug-likeness (QED) is 0.706. The van der Waals surface area contributed by atoms with Gasteiger partial charge in [0.1, 0.15) is 0 Å². The maximum absolute atomic E-state index is 5.72. The zero-order valence-electron chi connectivity index (χ0n) is 14.3. The first-order chi connectivity index (χ1) is 9.52. The highest BCUT2D eigenvalue weighted by molar-refractivity contribution is 4.74. The lowest BCUT2D eigenvalue weighted by Gasteiger charge is -2.33. The van der Waals surface area contributed by atoms with Crippen molar-refractivity contribution in [3.8, 4) is 0 Å². The van der Waals surface area contributed by atoms with Crippen LogP contribution in [0.4, 0.5) is 0 Å². The predicted molar refractivity (Wildman–Crippen MR) is 89.0 cm³/mol. The second-order valence-electron chi connectivity index (χ2n) is 7.27. The van der Waals surface area contributed by atoms with E-state index in [0.29, 0.717) is 0 Å². The van der Waals surface area contributed by atoms with Crippen LogP contribution in [-0.4, -0.2) is 56.6 Å². The van der Waals surface area contributed by atoms with Crippen LogP contribution in [0.5, 0.6) is 0 Å². The van der Waals surface area contributed by atoms with Crippen LogP contribution in [0, 0.1) is 17.8 Å². The highest BCUT2D eigenvalue weighted by Gasteiger charge is 2.20. The van der Waals surface area contributed by atoms with E-state index in [1.165, 1.54) is 58.3 Å². The molecule has 1 unspecified atom stereocenters. The van der Waals surface area contributed by atoms with Gasteiger partial charge in [0.2, 0.25) is 0 Å². The summed E-state index contributed by atoms with van der Waals surface area (Å²) < 4.78 is 0. The summed E-state index contributed by atoms with van der Waals surface area (Å²) in [5.74, 6) is 2.53. The summed E-state index contributed by atoms with van der Waals surface area (Å²) in [6.45, 7) is 10.7. The van der Waals surface area contributed by atoms with Crippen molar-refractivity contribution < 1.29 is 0 Å². The molecule has 0 saturated carbocycles. The lowest BCUT2D eigenvalue weighted by molar-refractivity contribution is 0.156. The van der Waals surface area contributed by atoms with Gasteiger partial charge < -0.3 is 15.5 Å². The zero-order valence-corrected chi connectivity index (χ0v) is 14.3. The first-order valence-electron chi connectivity index (χ1n) is 8.60. The molecule has 2 N–H and O–H groups in total. The number of nitrogens with zero attached hydrogens (tertiary/aromatic N) is 2. The van der Waals surface area contributed by atoms with Gasteiger partial charge in [0.05, 0.1) is 0 Å². The van der Waals surface area contributed by atoms with Crippen LogP contribution in [0.3, 0.4) is 0 Å². The van der Waals surface area contributed by atoms with E-state index >= 15 is 0 Å². The number of hydrogen-bond acceptors (Lipinski definition) is 3. The van der Waals surface area contributed by atoms with E-state index in [1.807, 2.05) is 0 Å². The molecule has 120 valence electrons. The number of hydrogen-bond donors (Lipinski definition) is 1. The van der Waals surface area contributed by atoms with Crippen molar-refractivity contribution in [3.05, 3.63) is 0 Å². The van der Waals surface area contributed by atoms with Gasteiger partial charge in [-0.1, -0.05) is 13.8 Å². The standard InChI is InChI=1S/C17H37N3/c1-15(2)17(7-10-18)6-5-11-20-12-8-16(9-13-20)14-19(3)4/h15-17H,5-14,18H2,1-4H3. The summed E-state index contributed by atoms with van der Waals surface area (Å²) in [6, 6.07) is 0. The Morgan fingerprint density at radius 3 is 2.30 bits per heavy atom. The number of likely N-dealkylation sites (tertiary alicyclic amines) is 1. The van der Waals surface area contributed by atoms with Gasteiger partial charge in [-0.05, 0) is 90.1 Å². The van der Waals surface area contributed by atoms with Crippen LogP contribution in [0.25, 0.3) is 0 Å². The molecule has 1 aliphatic heterocycles. The van der Waals surface area contributed by atoms with Gasteiger partial charge in [-0.25, -0.2) is 0 Å². The normalized spacial score (nSPS) is 19.9. The van der Waals surface area contributed by atoms with Crippen molar-refractivity contribution in [1.82, 2.24) is 9.80 Å². The van der Waals surface area contributed by atoms with Crippen LogP contribution < -0.4 is 5.73 Å². The molecule has 0 aromatic carbocycles. The number of rotatable bonds is 9. The predicted octanol–water partition coefficient (Wildman–Crippen LogP) is 2.66. The topological polar surface area (TPSA) is 32.5 Å². The van der Waals surface area contributed by atoms with Gasteiger partial charge >= 0.3 is 0 Å². The van der Waals surface area contributed by atoms with E-state index in [0.717, 1.165) is 24.3 Å². The van der Waals surface area contributed by atoms with Gasteiger partial charge in [-0.3, -0.25) is 0 Å². The SMILES string of the molecule is CC(C)C(CCN)CCCN1CCC(CN(C)C)CC1. The van der Waals surface area contributed by atoms with Crippen LogP contribution in [0.1, 0.15) is 46.0 Å². The second kappa shape index (κ2) is 9.75. The largest absolute Gasteiger partial charge is 0.330 e. The molecule has 0 aromatic rings. The summed E-state index contributed by atoms with van der Waals surface area (Å²) in [7, 11) is 4.38. The third-order valence-electron chi connectivity index (χ3n) is 4.86. The Labute approximate surface area is 126 Å². The minimum absolute atomic E-state index is 0.782. The Hall–Kier alpha value is -0.120. The maximum atomic E-state index is 5.72. The van der Waals surface area contributed by atoms with Crippen LogP contribution in [0.15, 0.2) is 0 Å². The van der Waals surface area contributed by atoms with E-state index in [9.17, 15) is 0 Å². The smallest absolute Gasteiger partial charge is 0.000451 e. The first-order valence-corrected chi connectivity index (χ1v) is 8.60. The zero-order chi connectivity index (χ0) is 15.0. The molecule has 20 heavy (non-hydrogen) atoms. The molecule has 1 aliphatic rings. The summed E-state index contributed by atoms with van der Waals surface area (Å²) in [6.07, 6.45) is 6.67. The molecule has 0 bridgehead atoms. The average Bonchev–Trinajstić information content (AvgIpc) is 2.39. The van der Waals surface area contributed by atoms with Gasteiger partial charge in [-0.2, -0.15) is 0 Å². The van der Waals surface area contributed by atoms with Crippen molar-refractivity contribution in [2.24, 2.45) is 23.5 Å². The lowest BCUT2D eigenvalue weighted by atomic mass is 9.88. The van der Waals surface area contributed by atoms with Crippen LogP contribution in [-0.2, 0) is 0 Å². The molecule has 3 nitrogen and oxygen atoms in total. The fourth-order valence-electron chi connectivity index (χ4n) is 3.51. The van der Waals surface area contributed by atoms with Crippen molar-refractivity contribution >= 4 is 0 Å². The molecule has 0 spiro atoms. The fourth-order valence-corrected chi connectivity index (χ4v) is 3.51.